The predicted octanol–water partition coefficient (Wildman–Crippen LogP) is 4.65. The molecule has 6 nitrogen and oxygen atoms in total. The average Bonchev–Trinajstić information content (AvgIpc) is 3.29. The zero-order chi connectivity index (χ0) is 24.0. The summed E-state index contributed by atoms with van der Waals surface area (Å²) >= 11 is 1.73. The summed E-state index contributed by atoms with van der Waals surface area (Å²) in [5, 5.41) is 2.08. The maximum absolute atomic E-state index is 13.4. The fourth-order valence-electron chi connectivity index (χ4n) is 4.15. The molecule has 1 aromatic carbocycles. The van der Waals surface area contributed by atoms with Crippen LogP contribution in [-0.4, -0.2) is 61.1 Å². The molecule has 1 aliphatic heterocycles. The maximum atomic E-state index is 13.4. The Hall–Kier alpha value is -2.38. The van der Waals surface area contributed by atoms with E-state index in [1.165, 1.54) is 17.6 Å². The van der Waals surface area contributed by atoms with Crippen LogP contribution in [0.25, 0.3) is 0 Å². The summed E-state index contributed by atoms with van der Waals surface area (Å²) in [4.78, 5) is 30.9. The molecule has 7 heteroatoms. The van der Waals surface area contributed by atoms with Crippen molar-refractivity contribution >= 4 is 23.2 Å². The van der Waals surface area contributed by atoms with E-state index in [4.69, 9.17) is 9.47 Å². The van der Waals surface area contributed by atoms with Gasteiger partial charge in [-0.2, -0.15) is 0 Å². The Morgan fingerprint density at radius 3 is 2.55 bits per heavy atom. The Morgan fingerprint density at radius 1 is 1.18 bits per heavy atom. The normalized spacial score (nSPS) is 16.4. The van der Waals surface area contributed by atoms with Crippen LogP contribution < -0.4 is 4.74 Å². The Kier molecular flexibility index (Phi) is 8.92. The van der Waals surface area contributed by atoms with Gasteiger partial charge < -0.3 is 19.3 Å². The average molecular weight is 473 g/mol. The quantitative estimate of drug-likeness (QED) is 0.505. The molecule has 1 aromatic heterocycles. The second kappa shape index (κ2) is 11.7. The number of amides is 2. The molecule has 2 atom stereocenters. The van der Waals surface area contributed by atoms with Gasteiger partial charge >= 0.3 is 0 Å². The van der Waals surface area contributed by atoms with Gasteiger partial charge in [-0.3, -0.25) is 9.59 Å². The smallest absolute Gasteiger partial charge is 0.249 e. The van der Waals surface area contributed by atoms with E-state index in [1.807, 2.05) is 30.9 Å². The summed E-state index contributed by atoms with van der Waals surface area (Å²) in [6.07, 6.45) is 1.60. The van der Waals surface area contributed by atoms with Gasteiger partial charge in [0.2, 0.25) is 11.8 Å². The van der Waals surface area contributed by atoms with E-state index in [9.17, 15) is 9.59 Å². The van der Waals surface area contributed by atoms with Gasteiger partial charge in [0.05, 0.1) is 6.04 Å². The summed E-state index contributed by atoms with van der Waals surface area (Å²) in [5.74, 6) is 1.05. The molecule has 0 bridgehead atoms. The van der Waals surface area contributed by atoms with Crippen LogP contribution in [0.2, 0.25) is 0 Å². The van der Waals surface area contributed by atoms with E-state index in [0.717, 1.165) is 24.2 Å². The number of methoxy groups -OCH3 is 1. The number of thiophene rings is 1. The van der Waals surface area contributed by atoms with Crippen molar-refractivity contribution in [1.82, 2.24) is 9.80 Å². The molecule has 0 saturated carbocycles. The second-order valence-electron chi connectivity index (χ2n) is 8.90. The number of hydrogen-bond donors (Lipinski definition) is 0. The first kappa shape index (κ1) is 25.2. The molecule has 0 fully saturated rings. The minimum atomic E-state index is -0.173. The van der Waals surface area contributed by atoms with E-state index in [0.29, 0.717) is 19.1 Å². The molecule has 3 rings (SSSR count). The highest BCUT2D eigenvalue weighted by atomic mass is 32.1. The number of nitrogens with zero attached hydrogens (tertiary/aromatic N) is 2. The highest BCUT2D eigenvalue weighted by Crippen LogP contribution is 2.34. The summed E-state index contributed by atoms with van der Waals surface area (Å²) < 4.78 is 11.2. The molecular formula is C26H36N2O4S. The van der Waals surface area contributed by atoms with Crippen molar-refractivity contribution in [2.75, 3.05) is 33.4 Å². The van der Waals surface area contributed by atoms with E-state index < -0.39 is 0 Å². The first-order valence-corrected chi connectivity index (χ1v) is 12.6. The molecule has 33 heavy (non-hydrogen) atoms. The van der Waals surface area contributed by atoms with Crippen LogP contribution in [0.1, 0.15) is 62.1 Å². The van der Waals surface area contributed by atoms with Gasteiger partial charge in [-0.1, -0.05) is 32.9 Å². The van der Waals surface area contributed by atoms with E-state index in [1.54, 1.807) is 16.2 Å². The lowest BCUT2D eigenvalue weighted by molar-refractivity contribution is -0.146. The van der Waals surface area contributed by atoms with Crippen molar-refractivity contribution in [1.29, 1.82) is 0 Å². The number of rotatable bonds is 10. The van der Waals surface area contributed by atoms with E-state index >= 15 is 0 Å². The van der Waals surface area contributed by atoms with Crippen molar-refractivity contribution in [3.05, 3.63) is 51.7 Å². The van der Waals surface area contributed by atoms with Crippen LogP contribution in [0.5, 0.6) is 5.75 Å². The first-order chi connectivity index (χ1) is 15.8. The van der Waals surface area contributed by atoms with Crippen LogP contribution in [-0.2, 0) is 20.7 Å². The molecule has 1 aliphatic rings. The third-order valence-corrected chi connectivity index (χ3v) is 7.38. The lowest BCUT2D eigenvalue weighted by Gasteiger charge is -2.38. The molecule has 0 radical (unpaired) electrons. The topological polar surface area (TPSA) is 59.1 Å². The van der Waals surface area contributed by atoms with Gasteiger partial charge in [0, 0.05) is 24.6 Å². The summed E-state index contributed by atoms with van der Waals surface area (Å²) in [7, 11) is 1.50. The third kappa shape index (κ3) is 6.15. The monoisotopic (exact) mass is 472 g/mol. The molecule has 2 amide bonds. The predicted molar refractivity (Wildman–Crippen MR) is 132 cm³/mol. The van der Waals surface area contributed by atoms with Gasteiger partial charge in [0.1, 0.15) is 25.5 Å². The van der Waals surface area contributed by atoms with Crippen LogP contribution in [0.15, 0.2) is 35.7 Å². The molecule has 2 aromatic rings. The van der Waals surface area contributed by atoms with Crippen LogP contribution in [0, 0.1) is 0 Å². The van der Waals surface area contributed by atoms with Crippen LogP contribution in [0.4, 0.5) is 0 Å². The zero-order valence-corrected chi connectivity index (χ0v) is 21.2. The molecular weight excluding hydrogens is 436 g/mol. The zero-order valence-electron chi connectivity index (χ0n) is 20.4. The third-order valence-electron chi connectivity index (χ3n) is 6.39. The number of hydrogen-bond acceptors (Lipinski definition) is 5. The minimum absolute atomic E-state index is 0.0226. The molecule has 0 N–H and O–H groups in total. The second-order valence-corrected chi connectivity index (χ2v) is 9.90. The number of ether oxygens (including phenoxy) is 2. The first-order valence-electron chi connectivity index (χ1n) is 11.7. The number of carbonyl (C=O) groups excluding carboxylic acids is 2. The largest absolute Gasteiger partial charge is 0.491 e. The van der Waals surface area contributed by atoms with Gasteiger partial charge in [-0.15, -0.1) is 11.3 Å². The summed E-state index contributed by atoms with van der Waals surface area (Å²) in [6.45, 7) is 9.35. The fraction of sp³-hybridized carbons (Fsp3) is 0.538. The van der Waals surface area contributed by atoms with Gasteiger partial charge in [0.25, 0.3) is 0 Å². The Morgan fingerprint density at radius 2 is 1.91 bits per heavy atom. The molecule has 0 saturated heterocycles. The fourth-order valence-corrected chi connectivity index (χ4v) is 5.08. The molecule has 2 heterocycles. The van der Waals surface area contributed by atoms with Crippen molar-refractivity contribution in [2.45, 2.75) is 58.5 Å². The standard InChI is InChI=1S/C26H36N2O4S/c1-6-19(4)28(26(30)17-31-5)15-25(29)27-13-11-24-22(12-14-33-24)23(27)16-32-21-9-7-20(8-10-21)18(2)3/h7-10,12,14,18-19,23H,6,11,13,15-17H2,1-5H3. The number of benzene rings is 1. The Bertz CT molecular complexity index is 925. The summed E-state index contributed by atoms with van der Waals surface area (Å²) in [5.41, 5.74) is 2.42. The van der Waals surface area contributed by atoms with Crippen molar-refractivity contribution in [3.63, 3.8) is 0 Å². The van der Waals surface area contributed by atoms with Crippen molar-refractivity contribution in [3.8, 4) is 5.75 Å². The van der Waals surface area contributed by atoms with Crippen LogP contribution in [0.3, 0.4) is 0 Å². The lowest BCUT2D eigenvalue weighted by Crippen LogP contribution is -2.50. The molecule has 2 unspecified atom stereocenters. The van der Waals surface area contributed by atoms with Crippen molar-refractivity contribution in [2.24, 2.45) is 0 Å². The molecule has 0 aliphatic carbocycles. The number of carbonyl (C=O) groups is 2. The Labute approximate surface area is 201 Å². The lowest BCUT2D eigenvalue weighted by atomic mass is 10.00. The van der Waals surface area contributed by atoms with Gasteiger partial charge in [0.15, 0.2) is 0 Å². The highest BCUT2D eigenvalue weighted by molar-refractivity contribution is 7.10. The Balaban J connectivity index is 1.76. The van der Waals surface area contributed by atoms with Crippen molar-refractivity contribution < 1.29 is 19.1 Å². The maximum Gasteiger partial charge on any atom is 0.249 e. The minimum Gasteiger partial charge on any atom is -0.491 e. The highest BCUT2D eigenvalue weighted by Gasteiger charge is 2.34. The van der Waals surface area contributed by atoms with Crippen LogP contribution >= 0.6 is 11.3 Å². The van der Waals surface area contributed by atoms with Gasteiger partial charge in [-0.25, -0.2) is 0 Å². The molecule has 0 spiro atoms. The molecule has 180 valence electrons. The van der Waals surface area contributed by atoms with Gasteiger partial charge in [-0.05, 0) is 60.4 Å². The summed E-state index contributed by atoms with van der Waals surface area (Å²) in [6, 6.07) is 10.1. The van der Waals surface area contributed by atoms with E-state index in [-0.39, 0.29) is 37.0 Å². The SMILES string of the molecule is CCC(C)N(CC(=O)N1CCc2sccc2C1COc1ccc(C(C)C)cc1)C(=O)COC. The number of fused-ring (bicyclic) bond motifs is 1. The van der Waals surface area contributed by atoms with E-state index in [2.05, 4.69) is 37.4 Å².